The Morgan fingerprint density at radius 2 is 2.48 bits per heavy atom. The number of carbonyl (C=O) groups is 1. The first-order valence-electron chi connectivity index (χ1n) is 7.16. The van der Waals surface area contributed by atoms with E-state index in [0.29, 0.717) is 6.42 Å². The Kier molecular flexibility index (Phi) is 4.57. The number of carbonyl (C=O) groups excluding carboxylic acids is 1. The van der Waals surface area contributed by atoms with E-state index in [2.05, 4.69) is 20.6 Å². The molecule has 2 aromatic rings. The molecule has 3 heterocycles. The minimum atomic E-state index is 0.0479. The first kappa shape index (κ1) is 14.2. The normalized spacial score (nSPS) is 18.4. The predicted molar refractivity (Wildman–Crippen MR) is 83.1 cm³/mol. The van der Waals surface area contributed by atoms with Gasteiger partial charge in [-0.05, 0) is 31.5 Å². The summed E-state index contributed by atoms with van der Waals surface area (Å²) in [5, 5.41) is 9.21. The van der Waals surface area contributed by atoms with Gasteiger partial charge in [0.15, 0.2) is 0 Å². The monoisotopic (exact) mass is 302 g/mol. The van der Waals surface area contributed by atoms with Gasteiger partial charge in [0.1, 0.15) is 5.01 Å². The Labute approximate surface area is 127 Å². The minimum Gasteiger partial charge on any atom is -0.352 e. The highest BCUT2D eigenvalue weighted by molar-refractivity contribution is 7.13. The third-order valence-corrected chi connectivity index (χ3v) is 4.40. The van der Waals surface area contributed by atoms with Crippen LogP contribution in [0.1, 0.15) is 18.5 Å². The number of piperidine rings is 1. The van der Waals surface area contributed by atoms with E-state index < -0.39 is 0 Å². The smallest absolute Gasteiger partial charge is 0.226 e. The average Bonchev–Trinajstić information content (AvgIpc) is 2.97. The van der Waals surface area contributed by atoms with Crippen molar-refractivity contribution in [1.82, 2.24) is 20.6 Å². The summed E-state index contributed by atoms with van der Waals surface area (Å²) in [5.41, 5.74) is 1.81. The lowest BCUT2D eigenvalue weighted by Gasteiger charge is -2.23. The number of rotatable bonds is 4. The molecule has 0 aromatic carbocycles. The summed E-state index contributed by atoms with van der Waals surface area (Å²) in [7, 11) is 0. The molecule has 1 aliphatic rings. The minimum absolute atomic E-state index is 0.0479. The maximum atomic E-state index is 12.0. The highest BCUT2D eigenvalue weighted by atomic mass is 32.1. The van der Waals surface area contributed by atoms with Crippen LogP contribution in [-0.4, -0.2) is 35.0 Å². The number of hydrogen-bond acceptors (Lipinski definition) is 5. The molecule has 0 saturated carbocycles. The highest BCUT2D eigenvalue weighted by Gasteiger charge is 2.16. The third kappa shape index (κ3) is 3.86. The van der Waals surface area contributed by atoms with Crippen LogP contribution in [0.5, 0.6) is 0 Å². The lowest BCUT2D eigenvalue weighted by Crippen LogP contribution is -2.46. The van der Waals surface area contributed by atoms with Gasteiger partial charge in [-0.25, -0.2) is 4.98 Å². The standard InChI is InChI=1S/C15H18N4OS/c20-14(18-12-4-2-6-17-9-12)7-13-10-21-15(19-13)11-3-1-5-16-8-11/h1,3,5,8,10,12,17H,2,4,6-7,9H2,(H,18,20)/t12-/m0/s1. The number of thiazole rings is 1. The fourth-order valence-corrected chi connectivity index (χ4v) is 3.24. The van der Waals surface area contributed by atoms with Crippen LogP contribution in [0, 0.1) is 0 Å². The van der Waals surface area contributed by atoms with Crippen LogP contribution < -0.4 is 10.6 Å². The van der Waals surface area contributed by atoms with Gasteiger partial charge in [0, 0.05) is 35.9 Å². The number of amides is 1. The van der Waals surface area contributed by atoms with Crippen molar-refractivity contribution < 1.29 is 4.79 Å². The molecular formula is C15H18N4OS. The molecule has 0 aliphatic carbocycles. The summed E-state index contributed by atoms with van der Waals surface area (Å²) >= 11 is 1.55. The van der Waals surface area contributed by atoms with Crippen molar-refractivity contribution in [3.8, 4) is 10.6 Å². The second-order valence-corrected chi connectivity index (χ2v) is 6.03. The Morgan fingerprint density at radius 1 is 1.52 bits per heavy atom. The van der Waals surface area contributed by atoms with E-state index in [1.807, 2.05) is 17.5 Å². The van der Waals surface area contributed by atoms with Crippen LogP contribution in [0.4, 0.5) is 0 Å². The zero-order chi connectivity index (χ0) is 14.5. The topological polar surface area (TPSA) is 66.9 Å². The van der Waals surface area contributed by atoms with Crippen LogP contribution >= 0.6 is 11.3 Å². The lowest BCUT2D eigenvalue weighted by molar-refractivity contribution is -0.121. The van der Waals surface area contributed by atoms with Gasteiger partial charge in [0.05, 0.1) is 12.1 Å². The molecule has 1 saturated heterocycles. The van der Waals surface area contributed by atoms with Gasteiger partial charge >= 0.3 is 0 Å². The Morgan fingerprint density at radius 3 is 3.24 bits per heavy atom. The van der Waals surface area contributed by atoms with E-state index in [1.165, 1.54) is 0 Å². The van der Waals surface area contributed by atoms with Crippen molar-refractivity contribution in [1.29, 1.82) is 0 Å². The van der Waals surface area contributed by atoms with Crippen LogP contribution in [0.3, 0.4) is 0 Å². The largest absolute Gasteiger partial charge is 0.352 e. The molecule has 1 aliphatic heterocycles. The van der Waals surface area contributed by atoms with Crippen LogP contribution in [0.2, 0.25) is 0 Å². The number of nitrogens with zero attached hydrogens (tertiary/aromatic N) is 2. The molecule has 6 heteroatoms. The van der Waals surface area contributed by atoms with E-state index in [9.17, 15) is 4.79 Å². The SMILES string of the molecule is O=C(Cc1csc(-c2cccnc2)n1)N[C@H]1CCCNC1. The van der Waals surface area contributed by atoms with Gasteiger partial charge in [-0.3, -0.25) is 9.78 Å². The Hall–Kier alpha value is -1.79. The Bertz CT molecular complexity index is 593. The molecular weight excluding hydrogens is 284 g/mol. The van der Waals surface area contributed by atoms with E-state index in [0.717, 1.165) is 42.2 Å². The molecule has 21 heavy (non-hydrogen) atoms. The molecule has 110 valence electrons. The molecule has 1 amide bonds. The van der Waals surface area contributed by atoms with Gasteiger partial charge in [-0.1, -0.05) is 0 Å². The summed E-state index contributed by atoms with van der Waals surface area (Å²) in [6, 6.07) is 4.12. The summed E-state index contributed by atoms with van der Waals surface area (Å²) in [6.07, 6.45) is 6.04. The molecule has 2 N–H and O–H groups in total. The van der Waals surface area contributed by atoms with E-state index in [4.69, 9.17) is 0 Å². The molecule has 0 radical (unpaired) electrons. The van der Waals surface area contributed by atoms with Crippen LogP contribution in [0.15, 0.2) is 29.9 Å². The zero-order valence-corrected chi connectivity index (χ0v) is 12.5. The summed E-state index contributed by atoms with van der Waals surface area (Å²) in [4.78, 5) is 20.6. The van der Waals surface area contributed by atoms with E-state index in [1.54, 1.807) is 23.7 Å². The summed E-state index contributed by atoms with van der Waals surface area (Å²) < 4.78 is 0. The Balaban J connectivity index is 1.58. The van der Waals surface area contributed by atoms with Gasteiger partial charge in [0.2, 0.25) is 5.91 Å². The fraction of sp³-hybridized carbons (Fsp3) is 0.400. The molecule has 3 rings (SSSR count). The molecule has 0 bridgehead atoms. The average molecular weight is 302 g/mol. The summed E-state index contributed by atoms with van der Waals surface area (Å²) in [6.45, 7) is 1.91. The second kappa shape index (κ2) is 6.78. The maximum Gasteiger partial charge on any atom is 0.226 e. The van der Waals surface area contributed by atoms with Crippen molar-refractivity contribution in [2.75, 3.05) is 13.1 Å². The van der Waals surface area contributed by atoms with Gasteiger partial charge in [-0.15, -0.1) is 11.3 Å². The van der Waals surface area contributed by atoms with Crippen LogP contribution in [0.25, 0.3) is 10.6 Å². The predicted octanol–water partition coefficient (Wildman–Crippen LogP) is 1.62. The third-order valence-electron chi connectivity index (χ3n) is 3.46. The maximum absolute atomic E-state index is 12.0. The van der Waals surface area contributed by atoms with Crippen molar-refractivity contribution in [2.45, 2.75) is 25.3 Å². The molecule has 5 nitrogen and oxygen atoms in total. The summed E-state index contributed by atoms with van der Waals surface area (Å²) in [5.74, 6) is 0.0479. The zero-order valence-electron chi connectivity index (χ0n) is 11.7. The first-order valence-corrected chi connectivity index (χ1v) is 8.04. The number of hydrogen-bond donors (Lipinski definition) is 2. The van der Waals surface area contributed by atoms with Crippen LogP contribution in [-0.2, 0) is 11.2 Å². The quantitative estimate of drug-likeness (QED) is 0.900. The van der Waals surface area contributed by atoms with Crippen molar-refractivity contribution >= 4 is 17.2 Å². The highest BCUT2D eigenvalue weighted by Crippen LogP contribution is 2.22. The first-order chi connectivity index (χ1) is 10.3. The molecule has 0 unspecified atom stereocenters. The van der Waals surface area contributed by atoms with Gasteiger partial charge in [0.25, 0.3) is 0 Å². The molecule has 0 spiro atoms. The van der Waals surface area contributed by atoms with Gasteiger partial charge in [-0.2, -0.15) is 0 Å². The molecule has 2 aromatic heterocycles. The van der Waals surface area contributed by atoms with Crippen molar-refractivity contribution in [3.63, 3.8) is 0 Å². The van der Waals surface area contributed by atoms with E-state index >= 15 is 0 Å². The second-order valence-electron chi connectivity index (χ2n) is 5.17. The number of nitrogens with one attached hydrogen (secondary N) is 2. The van der Waals surface area contributed by atoms with Gasteiger partial charge < -0.3 is 10.6 Å². The van der Waals surface area contributed by atoms with E-state index in [-0.39, 0.29) is 11.9 Å². The molecule has 1 fully saturated rings. The van der Waals surface area contributed by atoms with Crippen molar-refractivity contribution in [3.05, 3.63) is 35.6 Å². The van der Waals surface area contributed by atoms with Crippen molar-refractivity contribution in [2.24, 2.45) is 0 Å². The fourth-order valence-electron chi connectivity index (χ4n) is 2.43. The lowest BCUT2D eigenvalue weighted by atomic mass is 10.1. The number of aromatic nitrogens is 2. The number of pyridine rings is 1. The molecule has 1 atom stereocenters.